The molecule has 2 atom stereocenters. The molecule has 2 amide bonds. The van der Waals surface area contributed by atoms with Crippen molar-refractivity contribution in [3.05, 3.63) is 69.2 Å². The van der Waals surface area contributed by atoms with Crippen LogP contribution in [0.1, 0.15) is 38.3 Å². The maximum atomic E-state index is 13.1. The lowest BCUT2D eigenvalue weighted by molar-refractivity contribution is -0.138. The zero-order valence-corrected chi connectivity index (χ0v) is 20.7. The second kappa shape index (κ2) is 12.4. The van der Waals surface area contributed by atoms with Crippen molar-refractivity contribution in [3.8, 4) is 0 Å². The monoisotopic (exact) mass is 510 g/mol. The molecule has 2 aromatic carbocycles. The summed E-state index contributed by atoms with van der Waals surface area (Å²) in [5, 5.41) is 3.68. The normalized spacial score (nSPS) is 12.8. The Bertz CT molecular complexity index is 847. The minimum Gasteiger partial charge on any atom is -0.352 e. The molecule has 0 saturated heterocycles. The van der Waals surface area contributed by atoms with Crippen LogP contribution in [0.15, 0.2) is 53.0 Å². The third-order valence-corrected chi connectivity index (χ3v) is 6.55. The molecule has 7 heteroatoms. The van der Waals surface area contributed by atoms with Crippen molar-refractivity contribution in [2.24, 2.45) is 0 Å². The molecule has 0 aliphatic heterocycles. The van der Waals surface area contributed by atoms with E-state index < -0.39 is 6.04 Å². The molecule has 4 nitrogen and oxygen atoms in total. The van der Waals surface area contributed by atoms with Crippen LogP contribution in [-0.2, 0) is 21.9 Å². The fourth-order valence-electron chi connectivity index (χ4n) is 2.80. The van der Waals surface area contributed by atoms with Gasteiger partial charge < -0.3 is 10.2 Å². The van der Waals surface area contributed by atoms with Gasteiger partial charge in [0.1, 0.15) is 6.04 Å². The van der Waals surface area contributed by atoms with Crippen molar-refractivity contribution < 1.29 is 9.59 Å². The van der Waals surface area contributed by atoms with Gasteiger partial charge in [0.2, 0.25) is 11.8 Å². The summed E-state index contributed by atoms with van der Waals surface area (Å²) in [5.41, 5.74) is 2.09. The van der Waals surface area contributed by atoms with Crippen LogP contribution in [-0.4, -0.2) is 34.6 Å². The lowest BCUT2D eigenvalue weighted by Gasteiger charge is -2.29. The van der Waals surface area contributed by atoms with Gasteiger partial charge in [0.25, 0.3) is 0 Å². The Morgan fingerprint density at radius 3 is 2.47 bits per heavy atom. The number of nitrogens with one attached hydrogen (secondary N) is 1. The molecule has 0 heterocycles. The third-order valence-electron chi connectivity index (χ3n) is 4.82. The summed E-state index contributed by atoms with van der Waals surface area (Å²) in [6, 6.07) is 14.9. The van der Waals surface area contributed by atoms with E-state index in [9.17, 15) is 9.59 Å². The predicted octanol–water partition coefficient (Wildman–Crippen LogP) is 5.67. The van der Waals surface area contributed by atoms with E-state index in [1.807, 2.05) is 62.4 Å². The van der Waals surface area contributed by atoms with Gasteiger partial charge in [0.15, 0.2) is 0 Å². The maximum absolute atomic E-state index is 13.1. The Balaban J connectivity index is 2.07. The number of carbonyl (C=O) groups excluding carboxylic acids is 2. The summed E-state index contributed by atoms with van der Waals surface area (Å²) in [4.78, 5) is 27.4. The second-order valence-corrected chi connectivity index (χ2v) is 9.60. The summed E-state index contributed by atoms with van der Waals surface area (Å²) in [7, 11) is 0. The molecule has 0 bridgehead atoms. The van der Waals surface area contributed by atoms with Gasteiger partial charge in [-0.1, -0.05) is 58.7 Å². The summed E-state index contributed by atoms with van der Waals surface area (Å²) in [6.45, 7) is 6.16. The number of halogens is 2. The Labute approximate surface area is 196 Å². The maximum Gasteiger partial charge on any atom is 0.242 e. The van der Waals surface area contributed by atoms with Crippen molar-refractivity contribution in [2.45, 2.75) is 51.6 Å². The Kier molecular flexibility index (Phi) is 10.2. The fraction of sp³-hybridized carbons (Fsp3) is 0.391. The Morgan fingerprint density at radius 1 is 1.13 bits per heavy atom. The van der Waals surface area contributed by atoms with E-state index in [0.29, 0.717) is 23.1 Å². The average Bonchev–Trinajstić information content (AvgIpc) is 2.72. The topological polar surface area (TPSA) is 49.4 Å². The molecule has 0 fully saturated rings. The molecule has 162 valence electrons. The highest BCUT2D eigenvalue weighted by Gasteiger charge is 2.26. The summed E-state index contributed by atoms with van der Waals surface area (Å²) < 4.78 is 0.946. The van der Waals surface area contributed by atoms with Crippen molar-refractivity contribution >= 4 is 51.1 Å². The molecule has 0 aliphatic rings. The van der Waals surface area contributed by atoms with Crippen LogP contribution in [0, 0.1) is 0 Å². The van der Waals surface area contributed by atoms with Crippen molar-refractivity contribution in [2.75, 3.05) is 5.75 Å². The smallest absolute Gasteiger partial charge is 0.242 e. The first-order valence-corrected chi connectivity index (χ1v) is 12.3. The molecule has 0 spiro atoms. The zero-order valence-electron chi connectivity index (χ0n) is 17.5. The van der Waals surface area contributed by atoms with E-state index in [1.165, 1.54) is 11.8 Å². The molecule has 0 unspecified atom stereocenters. The van der Waals surface area contributed by atoms with E-state index in [4.69, 9.17) is 11.6 Å². The van der Waals surface area contributed by atoms with Gasteiger partial charge in [-0.05, 0) is 55.7 Å². The molecule has 0 radical (unpaired) electrons. The van der Waals surface area contributed by atoms with Crippen LogP contribution in [0.5, 0.6) is 0 Å². The fourth-order valence-corrected chi connectivity index (χ4v) is 4.24. The van der Waals surface area contributed by atoms with E-state index in [2.05, 4.69) is 21.2 Å². The lowest BCUT2D eigenvalue weighted by Crippen LogP contribution is -2.50. The van der Waals surface area contributed by atoms with E-state index in [-0.39, 0.29) is 17.9 Å². The van der Waals surface area contributed by atoms with Crippen molar-refractivity contribution in [3.63, 3.8) is 0 Å². The van der Waals surface area contributed by atoms with Gasteiger partial charge in [-0.25, -0.2) is 0 Å². The number of amides is 2. The molecular weight excluding hydrogens is 484 g/mol. The van der Waals surface area contributed by atoms with Crippen LogP contribution in [0.4, 0.5) is 0 Å². The molecule has 1 N–H and O–H groups in total. The summed E-state index contributed by atoms with van der Waals surface area (Å²) in [5.74, 6) is 0.828. The quantitative estimate of drug-likeness (QED) is 0.447. The van der Waals surface area contributed by atoms with Crippen LogP contribution in [0.3, 0.4) is 0 Å². The van der Waals surface area contributed by atoms with E-state index in [0.717, 1.165) is 22.0 Å². The highest BCUT2D eigenvalue weighted by Crippen LogP contribution is 2.19. The molecule has 2 aromatic rings. The highest BCUT2D eigenvalue weighted by atomic mass is 79.9. The summed E-state index contributed by atoms with van der Waals surface area (Å²) in [6.07, 6.45) is 0.842. The molecular formula is C23H28BrClN2O2S. The van der Waals surface area contributed by atoms with Crippen LogP contribution in [0.2, 0.25) is 5.02 Å². The average molecular weight is 512 g/mol. The number of carbonyl (C=O) groups is 2. The minimum atomic E-state index is -0.554. The first-order chi connectivity index (χ1) is 14.3. The van der Waals surface area contributed by atoms with Gasteiger partial charge in [-0.15, -0.1) is 11.8 Å². The van der Waals surface area contributed by atoms with Gasteiger partial charge in [-0.2, -0.15) is 0 Å². The predicted molar refractivity (Wildman–Crippen MR) is 130 cm³/mol. The minimum absolute atomic E-state index is 0.0549. The molecule has 2 rings (SSSR count). The third kappa shape index (κ3) is 7.97. The highest BCUT2D eigenvalue weighted by molar-refractivity contribution is 9.10. The van der Waals surface area contributed by atoms with Crippen LogP contribution < -0.4 is 5.32 Å². The number of hydrogen-bond acceptors (Lipinski definition) is 3. The first kappa shape index (κ1) is 24.8. The largest absolute Gasteiger partial charge is 0.352 e. The van der Waals surface area contributed by atoms with E-state index >= 15 is 0 Å². The lowest BCUT2D eigenvalue weighted by atomic mass is 10.1. The number of hydrogen-bond donors (Lipinski definition) is 1. The zero-order chi connectivity index (χ0) is 22.1. The Hall–Kier alpha value is -1.50. The van der Waals surface area contributed by atoms with Gasteiger partial charge in [0, 0.05) is 27.8 Å². The molecule has 0 aliphatic carbocycles. The number of nitrogens with zero attached hydrogens (tertiary/aromatic N) is 1. The van der Waals surface area contributed by atoms with Crippen LogP contribution >= 0.6 is 39.3 Å². The van der Waals surface area contributed by atoms with Crippen molar-refractivity contribution in [1.29, 1.82) is 0 Å². The number of rotatable bonds is 10. The van der Waals surface area contributed by atoms with Gasteiger partial charge >= 0.3 is 0 Å². The SMILES string of the molecule is CC[C@@H](C)NC(=O)[C@@H](C)N(Cc1cccc(Br)c1)C(=O)CSCc1ccc(Cl)cc1. The number of thioether (sulfide) groups is 1. The molecule has 0 aromatic heterocycles. The standard InChI is InChI=1S/C23H28BrClN2O2S/c1-4-16(2)26-23(29)17(3)27(13-19-6-5-7-20(24)12-19)22(28)15-30-14-18-8-10-21(25)11-9-18/h5-12,16-17H,4,13-15H2,1-3H3,(H,26,29)/t16-,17-/m1/s1. The molecule has 0 saturated carbocycles. The second-order valence-electron chi connectivity index (χ2n) is 7.26. The summed E-state index contributed by atoms with van der Waals surface area (Å²) >= 11 is 10.9. The Morgan fingerprint density at radius 2 is 1.83 bits per heavy atom. The van der Waals surface area contributed by atoms with Crippen molar-refractivity contribution in [1.82, 2.24) is 10.2 Å². The number of benzene rings is 2. The van der Waals surface area contributed by atoms with Crippen LogP contribution in [0.25, 0.3) is 0 Å². The van der Waals surface area contributed by atoms with Gasteiger partial charge in [-0.3, -0.25) is 9.59 Å². The van der Waals surface area contributed by atoms with Gasteiger partial charge in [0.05, 0.1) is 5.75 Å². The first-order valence-electron chi connectivity index (χ1n) is 9.96. The molecule has 30 heavy (non-hydrogen) atoms. The van der Waals surface area contributed by atoms with E-state index in [1.54, 1.807) is 11.8 Å².